The minimum absolute atomic E-state index is 0.00343. The van der Waals surface area contributed by atoms with Crippen molar-refractivity contribution in [2.75, 3.05) is 31.1 Å². The molecule has 1 aliphatic heterocycles. The predicted octanol–water partition coefficient (Wildman–Crippen LogP) is 3.17. The van der Waals surface area contributed by atoms with Gasteiger partial charge < -0.3 is 9.80 Å². The van der Waals surface area contributed by atoms with Crippen molar-refractivity contribution in [3.8, 4) is 0 Å². The number of nitrogens with zero attached hydrogens (tertiary/aromatic N) is 3. The van der Waals surface area contributed by atoms with E-state index in [1.807, 2.05) is 4.90 Å². The number of rotatable bonds is 3. The van der Waals surface area contributed by atoms with Gasteiger partial charge in [0.2, 0.25) is 0 Å². The highest BCUT2D eigenvalue weighted by Crippen LogP contribution is 2.23. The number of nitro benzene ring substituents is 1. The standard InChI is InChI=1S/C19H21N3O3/c1-14-3-4-15(2)18(13-14)20-9-11-21(12-10-20)19(23)16-5-7-17(8-6-16)22(24)25/h3-8,13H,9-12H2,1-2H3. The molecule has 1 aliphatic rings. The molecule has 0 unspecified atom stereocenters. The third-order valence-corrected chi connectivity index (χ3v) is 4.60. The van der Waals surface area contributed by atoms with Crippen molar-refractivity contribution in [1.29, 1.82) is 0 Å². The van der Waals surface area contributed by atoms with Crippen LogP contribution in [0.3, 0.4) is 0 Å². The highest BCUT2D eigenvalue weighted by molar-refractivity contribution is 5.94. The Bertz CT molecular complexity index is 794. The molecule has 1 amide bonds. The lowest BCUT2D eigenvalue weighted by molar-refractivity contribution is -0.384. The quantitative estimate of drug-likeness (QED) is 0.636. The Morgan fingerprint density at radius 3 is 2.24 bits per heavy atom. The van der Waals surface area contributed by atoms with E-state index >= 15 is 0 Å². The van der Waals surface area contributed by atoms with Crippen molar-refractivity contribution >= 4 is 17.3 Å². The van der Waals surface area contributed by atoms with E-state index in [0.717, 1.165) is 13.1 Å². The first-order valence-electron chi connectivity index (χ1n) is 8.31. The van der Waals surface area contributed by atoms with Gasteiger partial charge in [0.15, 0.2) is 0 Å². The number of carbonyl (C=O) groups is 1. The van der Waals surface area contributed by atoms with Gasteiger partial charge in [-0.25, -0.2) is 0 Å². The van der Waals surface area contributed by atoms with E-state index in [-0.39, 0.29) is 11.6 Å². The van der Waals surface area contributed by atoms with Gasteiger partial charge in [0.05, 0.1) is 4.92 Å². The molecule has 0 radical (unpaired) electrons. The maximum Gasteiger partial charge on any atom is 0.269 e. The fourth-order valence-corrected chi connectivity index (χ4v) is 3.12. The molecule has 2 aromatic carbocycles. The number of hydrogen-bond donors (Lipinski definition) is 0. The van der Waals surface area contributed by atoms with Gasteiger partial charge in [-0.1, -0.05) is 12.1 Å². The fraction of sp³-hybridized carbons (Fsp3) is 0.316. The van der Waals surface area contributed by atoms with Crippen LogP contribution in [0.4, 0.5) is 11.4 Å². The van der Waals surface area contributed by atoms with E-state index in [9.17, 15) is 14.9 Å². The minimum atomic E-state index is -0.461. The average molecular weight is 339 g/mol. The van der Waals surface area contributed by atoms with Crippen LogP contribution < -0.4 is 4.90 Å². The van der Waals surface area contributed by atoms with Gasteiger partial charge in [0.25, 0.3) is 11.6 Å². The normalized spacial score (nSPS) is 14.5. The SMILES string of the molecule is Cc1ccc(C)c(N2CCN(C(=O)c3ccc([N+](=O)[O-])cc3)CC2)c1. The van der Waals surface area contributed by atoms with Crippen LogP contribution in [-0.2, 0) is 0 Å². The molecule has 0 saturated carbocycles. The molecule has 1 heterocycles. The van der Waals surface area contributed by atoms with Crippen LogP contribution in [0.1, 0.15) is 21.5 Å². The molecule has 130 valence electrons. The lowest BCUT2D eigenvalue weighted by Crippen LogP contribution is -2.49. The molecule has 1 saturated heterocycles. The number of non-ortho nitro benzene ring substituents is 1. The Morgan fingerprint density at radius 2 is 1.64 bits per heavy atom. The molecule has 3 rings (SSSR count). The lowest BCUT2D eigenvalue weighted by Gasteiger charge is -2.37. The third kappa shape index (κ3) is 3.63. The third-order valence-electron chi connectivity index (χ3n) is 4.60. The largest absolute Gasteiger partial charge is 0.368 e. The van der Waals surface area contributed by atoms with Crippen LogP contribution in [0.25, 0.3) is 0 Å². The topological polar surface area (TPSA) is 66.7 Å². The first kappa shape index (κ1) is 17.0. The molecular weight excluding hydrogens is 318 g/mol. The molecule has 0 aliphatic carbocycles. The molecule has 0 aromatic heterocycles. The van der Waals surface area contributed by atoms with Crippen LogP contribution in [-0.4, -0.2) is 41.9 Å². The lowest BCUT2D eigenvalue weighted by atomic mass is 10.1. The first-order valence-corrected chi connectivity index (χ1v) is 8.31. The summed E-state index contributed by atoms with van der Waals surface area (Å²) in [5, 5.41) is 10.7. The van der Waals surface area contributed by atoms with Crippen molar-refractivity contribution in [3.05, 3.63) is 69.3 Å². The monoisotopic (exact) mass is 339 g/mol. The molecule has 2 aromatic rings. The summed E-state index contributed by atoms with van der Waals surface area (Å²) in [5.74, 6) is -0.0736. The van der Waals surface area contributed by atoms with Crippen LogP contribution in [0.5, 0.6) is 0 Å². The second-order valence-electron chi connectivity index (χ2n) is 6.37. The van der Waals surface area contributed by atoms with Gasteiger partial charge in [0.1, 0.15) is 0 Å². The molecule has 1 fully saturated rings. The summed E-state index contributed by atoms with van der Waals surface area (Å²) in [6, 6.07) is 12.2. The zero-order chi connectivity index (χ0) is 18.0. The van der Waals surface area contributed by atoms with Crippen molar-refractivity contribution in [1.82, 2.24) is 4.90 Å². The van der Waals surface area contributed by atoms with Crippen LogP contribution >= 0.6 is 0 Å². The molecule has 25 heavy (non-hydrogen) atoms. The van der Waals surface area contributed by atoms with Gasteiger partial charge in [0, 0.05) is 49.6 Å². The van der Waals surface area contributed by atoms with Crippen molar-refractivity contribution in [2.45, 2.75) is 13.8 Å². The number of amides is 1. The summed E-state index contributed by atoms with van der Waals surface area (Å²) < 4.78 is 0. The Hall–Kier alpha value is -2.89. The summed E-state index contributed by atoms with van der Waals surface area (Å²) in [7, 11) is 0. The average Bonchev–Trinajstić information content (AvgIpc) is 2.63. The second-order valence-corrected chi connectivity index (χ2v) is 6.37. The summed E-state index contributed by atoms with van der Waals surface area (Å²) in [6.07, 6.45) is 0. The smallest absolute Gasteiger partial charge is 0.269 e. The second kappa shape index (κ2) is 6.93. The number of anilines is 1. The maximum atomic E-state index is 12.6. The highest BCUT2D eigenvalue weighted by atomic mass is 16.6. The Morgan fingerprint density at radius 1 is 1.00 bits per heavy atom. The van der Waals surface area contributed by atoms with Gasteiger partial charge in [-0.2, -0.15) is 0 Å². The highest BCUT2D eigenvalue weighted by Gasteiger charge is 2.23. The number of piperazine rings is 1. The summed E-state index contributed by atoms with van der Waals surface area (Å²) >= 11 is 0. The van der Waals surface area contributed by atoms with Crippen molar-refractivity contribution in [2.24, 2.45) is 0 Å². The van der Waals surface area contributed by atoms with Crippen LogP contribution in [0.2, 0.25) is 0 Å². The molecule has 0 spiro atoms. The minimum Gasteiger partial charge on any atom is -0.368 e. The first-order chi connectivity index (χ1) is 12.0. The molecular formula is C19H21N3O3. The van der Waals surface area contributed by atoms with E-state index in [4.69, 9.17) is 0 Å². The zero-order valence-corrected chi connectivity index (χ0v) is 14.4. The van der Waals surface area contributed by atoms with E-state index in [1.165, 1.54) is 41.1 Å². The van der Waals surface area contributed by atoms with Crippen molar-refractivity contribution in [3.63, 3.8) is 0 Å². The summed E-state index contributed by atoms with van der Waals surface area (Å²) in [5.41, 5.74) is 4.18. The number of carbonyl (C=O) groups excluding carboxylic acids is 1. The van der Waals surface area contributed by atoms with Gasteiger partial charge in [-0.05, 0) is 43.2 Å². The Labute approximate surface area is 146 Å². The molecule has 0 bridgehead atoms. The molecule has 0 N–H and O–H groups in total. The Kier molecular flexibility index (Phi) is 4.70. The maximum absolute atomic E-state index is 12.6. The Balaban J connectivity index is 1.66. The summed E-state index contributed by atoms with van der Waals surface area (Å²) in [4.78, 5) is 26.9. The van der Waals surface area contributed by atoms with E-state index in [1.54, 1.807) is 0 Å². The van der Waals surface area contributed by atoms with Gasteiger partial charge >= 0.3 is 0 Å². The summed E-state index contributed by atoms with van der Waals surface area (Å²) in [6.45, 7) is 7.03. The number of nitro groups is 1. The van der Waals surface area contributed by atoms with E-state index in [0.29, 0.717) is 18.7 Å². The molecule has 6 nitrogen and oxygen atoms in total. The number of hydrogen-bond acceptors (Lipinski definition) is 4. The van der Waals surface area contributed by atoms with Crippen LogP contribution in [0.15, 0.2) is 42.5 Å². The van der Waals surface area contributed by atoms with Crippen LogP contribution in [0, 0.1) is 24.0 Å². The fourth-order valence-electron chi connectivity index (χ4n) is 3.12. The molecule has 6 heteroatoms. The van der Waals surface area contributed by atoms with Gasteiger partial charge in [-0.3, -0.25) is 14.9 Å². The van der Waals surface area contributed by atoms with Crippen molar-refractivity contribution < 1.29 is 9.72 Å². The molecule has 0 atom stereocenters. The number of aryl methyl sites for hydroxylation is 2. The van der Waals surface area contributed by atoms with E-state index < -0.39 is 4.92 Å². The van der Waals surface area contributed by atoms with E-state index in [2.05, 4.69) is 36.9 Å². The zero-order valence-electron chi connectivity index (χ0n) is 14.4. The predicted molar refractivity (Wildman–Crippen MR) is 97.1 cm³/mol. The van der Waals surface area contributed by atoms with Gasteiger partial charge in [-0.15, -0.1) is 0 Å². The number of benzene rings is 2.